The number of nitrogens with one attached hydrogen (secondary N) is 1. The van der Waals surface area contributed by atoms with Crippen LogP contribution in [0.5, 0.6) is 5.75 Å². The van der Waals surface area contributed by atoms with Crippen molar-refractivity contribution < 1.29 is 19.1 Å². The van der Waals surface area contributed by atoms with Crippen molar-refractivity contribution in [1.29, 1.82) is 0 Å². The third kappa shape index (κ3) is 4.92. The normalized spacial score (nSPS) is 10.1. The number of benzene rings is 2. The summed E-state index contributed by atoms with van der Waals surface area (Å²) in [5, 5.41) is 2.76. The molecule has 6 nitrogen and oxygen atoms in total. The number of ketones is 1. The van der Waals surface area contributed by atoms with Crippen LogP contribution < -0.4 is 15.0 Å². The molecule has 0 atom stereocenters. The Morgan fingerprint density at radius 2 is 1.77 bits per heavy atom. The van der Waals surface area contributed by atoms with Crippen molar-refractivity contribution in [1.82, 2.24) is 0 Å². The SMILES string of the molecule is CCOc1ccccc1NC(=O)CN(C(C)=O)c1cccc(C(C)=O)c1. The van der Waals surface area contributed by atoms with Gasteiger partial charge in [-0.05, 0) is 38.1 Å². The van der Waals surface area contributed by atoms with E-state index in [4.69, 9.17) is 4.74 Å². The zero-order valence-electron chi connectivity index (χ0n) is 15.1. The van der Waals surface area contributed by atoms with Crippen LogP contribution in [0.15, 0.2) is 48.5 Å². The molecule has 0 unspecified atom stereocenters. The zero-order chi connectivity index (χ0) is 19.1. The second-order valence-electron chi connectivity index (χ2n) is 5.69. The van der Waals surface area contributed by atoms with Gasteiger partial charge in [0.2, 0.25) is 11.8 Å². The minimum absolute atomic E-state index is 0.106. The van der Waals surface area contributed by atoms with Gasteiger partial charge in [0.25, 0.3) is 0 Å². The predicted octanol–water partition coefficient (Wildman–Crippen LogP) is 3.28. The van der Waals surface area contributed by atoms with Crippen LogP contribution in [0.3, 0.4) is 0 Å². The van der Waals surface area contributed by atoms with Crippen LogP contribution in [0.2, 0.25) is 0 Å². The van der Waals surface area contributed by atoms with Gasteiger partial charge >= 0.3 is 0 Å². The number of hydrogen-bond donors (Lipinski definition) is 1. The number of nitrogens with zero attached hydrogens (tertiary/aromatic N) is 1. The van der Waals surface area contributed by atoms with Crippen molar-refractivity contribution >= 4 is 29.0 Å². The maximum Gasteiger partial charge on any atom is 0.244 e. The van der Waals surface area contributed by atoms with E-state index >= 15 is 0 Å². The molecule has 2 amide bonds. The Bertz CT molecular complexity index is 817. The molecule has 0 heterocycles. The van der Waals surface area contributed by atoms with E-state index in [1.165, 1.54) is 18.7 Å². The lowest BCUT2D eigenvalue weighted by molar-refractivity contribution is -0.120. The molecule has 6 heteroatoms. The molecule has 0 saturated carbocycles. The number of ether oxygens (including phenoxy) is 1. The van der Waals surface area contributed by atoms with Gasteiger partial charge < -0.3 is 15.0 Å². The van der Waals surface area contributed by atoms with E-state index in [1.807, 2.05) is 13.0 Å². The Hall–Kier alpha value is -3.15. The van der Waals surface area contributed by atoms with Crippen molar-refractivity contribution in [2.24, 2.45) is 0 Å². The van der Waals surface area contributed by atoms with E-state index in [1.54, 1.807) is 42.5 Å². The quantitative estimate of drug-likeness (QED) is 0.774. The Kier molecular flexibility index (Phi) is 6.49. The summed E-state index contributed by atoms with van der Waals surface area (Å²) >= 11 is 0. The van der Waals surface area contributed by atoms with E-state index < -0.39 is 0 Å². The summed E-state index contributed by atoms with van der Waals surface area (Å²) in [4.78, 5) is 37.3. The molecule has 26 heavy (non-hydrogen) atoms. The summed E-state index contributed by atoms with van der Waals surface area (Å²) in [6.07, 6.45) is 0. The number of rotatable bonds is 7. The van der Waals surface area contributed by atoms with Gasteiger partial charge in [0.05, 0.1) is 12.3 Å². The first kappa shape index (κ1) is 19.2. The van der Waals surface area contributed by atoms with E-state index in [9.17, 15) is 14.4 Å². The fraction of sp³-hybridized carbons (Fsp3) is 0.250. The van der Waals surface area contributed by atoms with Gasteiger partial charge in [-0.3, -0.25) is 14.4 Å². The lowest BCUT2D eigenvalue weighted by atomic mass is 10.1. The minimum atomic E-state index is -0.361. The number of hydrogen-bond acceptors (Lipinski definition) is 4. The molecular formula is C20H22N2O4. The maximum absolute atomic E-state index is 12.4. The molecule has 0 fully saturated rings. The van der Waals surface area contributed by atoms with E-state index in [0.29, 0.717) is 29.3 Å². The summed E-state index contributed by atoms with van der Waals surface area (Å²) in [6.45, 7) is 5.00. The van der Waals surface area contributed by atoms with Crippen molar-refractivity contribution in [3.05, 3.63) is 54.1 Å². The Labute approximate surface area is 152 Å². The van der Waals surface area contributed by atoms with Crippen LogP contribution in [0.1, 0.15) is 31.1 Å². The van der Waals surface area contributed by atoms with Crippen molar-refractivity contribution in [2.75, 3.05) is 23.4 Å². The molecule has 0 saturated heterocycles. The molecule has 0 spiro atoms. The molecule has 0 aliphatic heterocycles. The molecule has 1 N–H and O–H groups in total. The topological polar surface area (TPSA) is 75.7 Å². The Morgan fingerprint density at radius 3 is 2.42 bits per heavy atom. The third-order valence-corrected chi connectivity index (χ3v) is 3.71. The Balaban J connectivity index is 2.18. The highest BCUT2D eigenvalue weighted by Gasteiger charge is 2.17. The molecule has 2 rings (SSSR count). The zero-order valence-corrected chi connectivity index (χ0v) is 15.1. The summed E-state index contributed by atoms with van der Waals surface area (Å²) in [7, 11) is 0. The van der Waals surface area contributed by atoms with Crippen LogP contribution in [-0.2, 0) is 9.59 Å². The van der Waals surface area contributed by atoms with Crippen LogP contribution >= 0.6 is 0 Å². The average molecular weight is 354 g/mol. The summed E-state index contributed by atoms with van der Waals surface area (Å²) in [5.74, 6) is -0.193. The molecule has 0 aliphatic carbocycles. The highest BCUT2D eigenvalue weighted by molar-refractivity contribution is 6.03. The number of carbonyl (C=O) groups is 3. The Morgan fingerprint density at radius 1 is 1.04 bits per heavy atom. The smallest absolute Gasteiger partial charge is 0.244 e. The third-order valence-electron chi connectivity index (χ3n) is 3.71. The van der Waals surface area contributed by atoms with Gasteiger partial charge in [-0.15, -0.1) is 0 Å². The lowest BCUT2D eigenvalue weighted by Crippen LogP contribution is -2.36. The van der Waals surface area contributed by atoms with Crippen molar-refractivity contribution in [3.8, 4) is 5.75 Å². The van der Waals surface area contributed by atoms with Crippen molar-refractivity contribution in [2.45, 2.75) is 20.8 Å². The molecule has 136 valence electrons. The number of para-hydroxylation sites is 2. The van der Waals surface area contributed by atoms with Gasteiger partial charge in [0, 0.05) is 18.2 Å². The monoisotopic (exact) mass is 354 g/mol. The number of carbonyl (C=O) groups excluding carboxylic acids is 3. The van der Waals surface area contributed by atoms with Gasteiger partial charge in [-0.2, -0.15) is 0 Å². The standard InChI is InChI=1S/C20H22N2O4/c1-4-26-19-11-6-5-10-18(19)21-20(25)13-22(15(3)24)17-9-7-8-16(12-17)14(2)23/h5-12H,4,13H2,1-3H3,(H,21,25). The van der Waals surface area contributed by atoms with Gasteiger partial charge in [-0.1, -0.05) is 24.3 Å². The number of Topliss-reactive ketones (excluding diaryl/α,β-unsaturated/α-hetero) is 1. The molecule has 2 aromatic carbocycles. The summed E-state index contributed by atoms with van der Waals surface area (Å²) < 4.78 is 5.48. The van der Waals surface area contributed by atoms with Crippen LogP contribution in [0.25, 0.3) is 0 Å². The minimum Gasteiger partial charge on any atom is -0.492 e. The summed E-state index contributed by atoms with van der Waals surface area (Å²) in [6, 6.07) is 13.7. The van der Waals surface area contributed by atoms with Gasteiger partial charge in [0.15, 0.2) is 5.78 Å². The second kappa shape index (κ2) is 8.80. The number of amides is 2. The van der Waals surface area contributed by atoms with Crippen LogP contribution in [0, 0.1) is 0 Å². The highest BCUT2D eigenvalue weighted by atomic mass is 16.5. The molecule has 0 bridgehead atoms. The van der Waals surface area contributed by atoms with E-state index in [2.05, 4.69) is 5.32 Å². The van der Waals surface area contributed by atoms with E-state index in [-0.39, 0.29) is 24.1 Å². The number of anilines is 2. The van der Waals surface area contributed by atoms with E-state index in [0.717, 1.165) is 0 Å². The summed E-state index contributed by atoms with van der Waals surface area (Å²) in [5.41, 5.74) is 1.52. The largest absolute Gasteiger partial charge is 0.492 e. The average Bonchev–Trinajstić information content (AvgIpc) is 2.61. The van der Waals surface area contributed by atoms with Gasteiger partial charge in [-0.25, -0.2) is 0 Å². The first-order valence-electron chi connectivity index (χ1n) is 8.33. The van der Waals surface area contributed by atoms with Crippen LogP contribution in [-0.4, -0.2) is 30.7 Å². The fourth-order valence-corrected chi connectivity index (χ4v) is 2.46. The van der Waals surface area contributed by atoms with Crippen LogP contribution in [0.4, 0.5) is 11.4 Å². The molecule has 0 aromatic heterocycles. The molecule has 0 aliphatic rings. The molecule has 0 radical (unpaired) electrons. The second-order valence-corrected chi connectivity index (χ2v) is 5.69. The highest BCUT2D eigenvalue weighted by Crippen LogP contribution is 2.24. The first-order valence-corrected chi connectivity index (χ1v) is 8.33. The fourth-order valence-electron chi connectivity index (χ4n) is 2.46. The van der Waals surface area contributed by atoms with Gasteiger partial charge in [0.1, 0.15) is 12.3 Å². The molecular weight excluding hydrogens is 332 g/mol. The first-order chi connectivity index (χ1) is 12.4. The molecule has 2 aromatic rings. The maximum atomic E-state index is 12.4. The lowest BCUT2D eigenvalue weighted by Gasteiger charge is -2.21. The van der Waals surface area contributed by atoms with Crippen molar-refractivity contribution in [3.63, 3.8) is 0 Å². The predicted molar refractivity (Wildman–Crippen MR) is 101 cm³/mol.